The summed E-state index contributed by atoms with van der Waals surface area (Å²) in [4.78, 5) is 0. The first-order chi connectivity index (χ1) is 12.3. The van der Waals surface area contributed by atoms with E-state index in [0.29, 0.717) is 0 Å². The summed E-state index contributed by atoms with van der Waals surface area (Å²) >= 11 is 0. The van der Waals surface area contributed by atoms with Gasteiger partial charge in [-0.2, -0.15) is 0 Å². The highest BCUT2D eigenvalue weighted by Gasteiger charge is 2.27. The van der Waals surface area contributed by atoms with Gasteiger partial charge >= 0.3 is 0 Å². The van der Waals surface area contributed by atoms with Gasteiger partial charge in [0.15, 0.2) is 0 Å². The SMILES string of the molecule is CCCCC1CCC(CC2CCC(c3ccc(OC)cc3)CC2)CC1. The molecule has 3 rings (SSSR count). The second-order valence-electron chi connectivity index (χ2n) is 8.76. The zero-order valence-electron chi connectivity index (χ0n) is 16.5. The molecule has 0 unspecified atom stereocenters. The molecular weight excluding hydrogens is 304 g/mol. The van der Waals surface area contributed by atoms with Crippen LogP contribution in [0.3, 0.4) is 0 Å². The Labute approximate surface area is 155 Å². The van der Waals surface area contributed by atoms with Crippen molar-refractivity contribution < 1.29 is 4.74 Å². The molecule has 2 aliphatic rings. The molecule has 0 saturated heterocycles. The molecule has 0 atom stereocenters. The minimum Gasteiger partial charge on any atom is -0.497 e. The molecule has 2 fully saturated rings. The minimum atomic E-state index is 0.784. The van der Waals surface area contributed by atoms with Crippen molar-refractivity contribution in [2.75, 3.05) is 7.11 Å². The van der Waals surface area contributed by atoms with E-state index in [-0.39, 0.29) is 0 Å². The Morgan fingerprint density at radius 2 is 1.36 bits per heavy atom. The third kappa shape index (κ3) is 5.50. The van der Waals surface area contributed by atoms with Crippen LogP contribution in [0.4, 0.5) is 0 Å². The Hall–Kier alpha value is -0.980. The average molecular weight is 343 g/mol. The lowest BCUT2D eigenvalue weighted by atomic mass is 9.71. The van der Waals surface area contributed by atoms with Gasteiger partial charge in [-0.1, -0.05) is 64.0 Å². The molecule has 0 heterocycles. The van der Waals surface area contributed by atoms with Crippen LogP contribution in [0.25, 0.3) is 0 Å². The van der Waals surface area contributed by atoms with Crippen molar-refractivity contribution in [3.05, 3.63) is 29.8 Å². The number of rotatable bonds is 7. The number of hydrogen-bond acceptors (Lipinski definition) is 1. The highest BCUT2D eigenvalue weighted by molar-refractivity contribution is 5.29. The summed E-state index contributed by atoms with van der Waals surface area (Å²) in [6, 6.07) is 8.81. The van der Waals surface area contributed by atoms with E-state index >= 15 is 0 Å². The van der Waals surface area contributed by atoms with Crippen molar-refractivity contribution >= 4 is 0 Å². The van der Waals surface area contributed by atoms with Crippen LogP contribution in [0.5, 0.6) is 5.75 Å². The van der Waals surface area contributed by atoms with Crippen molar-refractivity contribution in [2.45, 2.75) is 89.9 Å². The summed E-state index contributed by atoms with van der Waals surface area (Å²) < 4.78 is 5.29. The molecule has 140 valence electrons. The third-order valence-corrected chi connectivity index (χ3v) is 7.03. The molecule has 0 spiro atoms. The Morgan fingerprint density at radius 3 is 1.92 bits per heavy atom. The van der Waals surface area contributed by atoms with E-state index in [4.69, 9.17) is 4.74 Å². The fraction of sp³-hybridized carbons (Fsp3) is 0.750. The second kappa shape index (κ2) is 9.64. The first-order valence-corrected chi connectivity index (χ1v) is 10.9. The summed E-state index contributed by atoms with van der Waals surface area (Å²) in [6.07, 6.45) is 17.6. The molecule has 0 aromatic heterocycles. The second-order valence-corrected chi connectivity index (χ2v) is 8.76. The number of methoxy groups -OCH3 is 1. The smallest absolute Gasteiger partial charge is 0.118 e. The van der Waals surface area contributed by atoms with E-state index < -0.39 is 0 Å². The first-order valence-electron chi connectivity index (χ1n) is 10.9. The topological polar surface area (TPSA) is 9.23 Å². The molecule has 2 aliphatic carbocycles. The van der Waals surface area contributed by atoms with Gasteiger partial charge in [0, 0.05) is 0 Å². The Balaban J connectivity index is 1.38. The van der Waals surface area contributed by atoms with Crippen molar-refractivity contribution in [2.24, 2.45) is 17.8 Å². The van der Waals surface area contributed by atoms with E-state index in [0.717, 1.165) is 29.4 Å². The zero-order chi connectivity index (χ0) is 17.5. The Bertz CT molecular complexity index is 475. The van der Waals surface area contributed by atoms with Crippen LogP contribution in [0.2, 0.25) is 0 Å². The van der Waals surface area contributed by atoms with Gasteiger partial charge in [0.1, 0.15) is 5.75 Å². The van der Waals surface area contributed by atoms with Crippen molar-refractivity contribution in [1.82, 2.24) is 0 Å². The van der Waals surface area contributed by atoms with Crippen LogP contribution in [-0.4, -0.2) is 7.11 Å². The van der Waals surface area contributed by atoms with Crippen LogP contribution in [0, 0.1) is 17.8 Å². The molecule has 1 nitrogen and oxygen atoms in total. The maximum Gasteiger partial charge on any atom is 0.118 e. The minimum absolute atomic E-state index is 0.784. The lowest BCUT2D eigenvalue weighted by Crippen LogP contribution is -2.20. The van der Waals surface area contributed by atoms with Crippen LogP contribution in [0.15, 0.2) is 24.3 Å². The normalized spacial score (nSPS) is 30.2. The average Bonchev–Trinajstić information content (AvgIpc) is 2.68. The highest BCUT2D eigenvalue weighted by atomic mass is 16.5. The molecule has 1 aromatic rings. The van der Waals surface area contributed by atoms with Gasteiger partial charge in [-0.3, -0.25) is 0 Å². The van der Waals surface area contributed by atoms with E-state index in [1.807, 2.05) is 0 Å². The quantitative estimate of drug-likeness (QED) is 0.503. The van der Waals surface area contributed by atoms with E-state index in [2.05, 4.69) is 31.2 Å². The van der Waals surface area contributed by atoms with Gasteiger partial charge in [-0.25, -0.2) is 0 Å². The predicted molar refractivity (Wildman–Crippen MR) is 107 cm³/mol. The standard InChI is InChI=1S/C24H38O/c1-3-4-5-19-6-8-20(9-7-19)18-21-10-12-22(13-11-21)23-14-16-24(25-2)17-15-23/h14-17,19-22H,3-13,18H2,1-2H3. The van der Waals surface area contributed by atoms with Gasteiger partial charge in [0.2, 0.25) is 0 Å². The Kier molecular flexibility index (Phi) is 7.25. The molecular formula is C24H38O. The van der Waals surface area contributed by atoms with Gasteiger partial charge in [0.05, 0.1) is 7.11 Å². The van der Waals surface area contributed by atoms with Crippen LogP contribution < -0.4 is 4.74 Å². The maximum atomic E-state index is 5.29. The molecule has 0 amide bonds. The highest BCUT2D eigenvalue weighted by Crippen LogP contribution is 2.42. The molecule has 2 saturated carbocycles. The number of benzene rings is 1. The molecule has 0 N–H and O–H groups in total. The summed E-state index contributed by atoms with van der Waals surface area (Å²) in [5.74, 6) is 4.87. The van der Waals surface area contributed by atoms with Crippen molar-refractivity contribution in [3.8, 4) is 5.75 Å². The number of hydrogen-bond donors (Lipinski definition) is 0. The first kappa shape index (κ1) is 18.8. The summed E-state index contributed by atoms with van der Waals surface area (Å²) in [6.45, 7) is 2.33. The lowest BCUT2D eigenvalue weighted by Gasteiger charge is -2.34. The van der Waals surface area contributed by atoms with Crippen LogP contribution >= 0.6 is 0 Å². The van der Waals surface area contributed by atoms with Gasteiger partial charge < -0.3 is 4.74 Å². The van der Waals surface area contributed by atoms with Crippen LogP contribution in [0.1, 0.15) is 95.5 Å². The Morgan fingerprint density at radius 1 is 0.800 bits per heavy atom. The molecule has 25 heavy (non-hydrogen) atoms. The van der Waals surface area contributed by atoms with Crippen molar-refractivity contribution in [1.29, 1.82) is 0 Å². The summed E-state index contributed by atoms with van der Waals surface area (Å²) in [7, 11) is 1.75. The molecule has 0 radical (unpaired) electrons. The molecule has 1 aromatic carbocycles. The molecule has 0 aliphatic heterocycles. The fourth-order valence-electron chi connectivity index (χ4n) is 5.33. The van der Waals surface area contributed by atoms with Crippen LogP contribution in [-0.2, 0) is 0 Å². The number of unbranched alkanes of at least 4 members (excludes halogenated alkanes) is 1. The van der Waals surface area contributed by atoms with Gasteiger partial charge in [-0.15, -0.1) is 0 Å². The number of ether oxygens (including phenoxy) is 1. The summed E-state index contributed by atoms with van der Waals surface area (Å²) in [5, 5.41) is 0. The largest absolute Gasteiger partial charge is 0.497 e. The van der Waals surface area contributed by atoms with Gasteiger partial charge in [0.25, 0.3) is 0 Å². The monoisotopic (exact) mass is 342 g/mol. The van der Waals surface area contributed by atoms with Gasteiger partial charge in [-0.05, 0) is 73.5 Å². The van der Waals surface area contributed by atoms with E-state index in [1.54, 1.807) is 7.11 Å². The third-order valence-electron chi connectivity index (χ3n) is 7.03. The summed E-state index contributed by atoms with van der Waals surface area (Å²) in [5.41, 5.74) is 1.52. The maximum absolute atomic E-state index is 5.29. The van der Waals surface area contributed by atoms with Crippen molar-refractivity contribution in [3.63, 3.8) is 0 Å². The zero-order valence-corrected chi connectivity index (χ0v) is 16.5. The van der Waals surface area contributed by atoms with E-state index in [9.17, 15) is 0 Å². The lowest BCUT2D eigenvalue weighted by molar-refractivity contribution is 0.199. The van der Waals surface area contributed by atoms with E-state index in [1.165, 1.54) is 82.6 Å². The molecule has 0 bridgehead atoms. The fourth-order valence-corrected chi connectivity index (χ4v) is 5.33. The predicted octanol–water partition coefficient (Wildman–Crippen LogP) is 7.36. The molecule has 1 heteroatoms.